The lowest BCUT2D eigenvalue weighted by atomic mass is 9.48. The van der Waals surface area contributed by atoms with Crippen LogP contribution in [0.15, 0.2) is 30.4 Å². The van der Waals surface area contributed by atoms with Crippen molar-refractivity contribution in [3.8, 4) is 5.75 Å². The molecule has 1 aromatic carbocycles. The van der Waals surface area contributed by atoms with Crippen molar-refractivity contribution in [1.29, 1.82) is 0 Å². The van der Waals surface area contributed by atoms with Crippen LogP contribution in [0.5, 0.6) is 5.75 Å². The van der Waals surface area contributed by atoms with Crippen LogP contribution in [0.3, 0.4) is 0 Å². The van der Waals surface area contributed by atoms with Crippen LogP contribution in [0.1, 0.15) is 56.1 Å². The maximum atomic E-state index is 11.1. The van der Waals surface area contributed by atoms with Gasteiger partial charge in [0.05, 0.1) is 12.7 Å². The van der Waals surface area contributed by atoms with E-state index in [1.165, 1.54) is 24.8 Å². The van der Waals surface area contributed by atoms with E-state index in [-0.39, 0.29) is 10.8 Å². The van der Waals surface area contributed by atoms with Crippen molar-refractivity contribution in [1.82, 2.24) is 0 Å². The summed E-state index contributed by atoms with van der Waals surface area (Å²) in [5, 5.41) is 11.1. The van der Waals surface area contributed by atoms with Gasteiger partial charge in [-0.3, -0.25) is 0 Å². The van der Waals surface area contributed by atoms with Crippen molar-refractivity contribution in [3.05, 3.63) is 41.5 Å². The van der Waals surface area contributed by atoms with E-state index in [1.54, 1.807) is 12.7 Å². The third-order valence-corrected chi connectivity index (χ3v) is 8.14. The molecule has 0 saturated heterocycles. The number of aryl methyl sites for hydroxylation is 1. The van der Waals surface area contributed by atoms with Crippen molar-refractivity contribution < 1.29 is 9.84 Å². The Morgan fingerprint density at radius 3 is 2.74 bits per heavy atom. The first-order valence-electron chi connectivity index (χ1n) is 9.13. The maximum Gasteiger partial charge on any atom is 0.119 e. The molecule has 5 rings (SSSR count). The molecule has 0 heterocycles. The molecule has 23 heavy (non-hydrogen) atoms. The SMILES string of the molecule is COc1ccc2c(c1)CC[C@@H]1[C@@H]2CC[C@]2(C)[C@@]3(O)C=C[C@@]12CC3. The lowest BCUT2D eigenvalue weighted by molar-refractivity contribution is -0.0870. The number of rotatable bonds is 1. The standard InChI is InChI=1S/C21H26O2/c1-19-8-7-17-16-5-4-15(23-2)13-14(16)3-6-18(17)20(19)9-11-21(19,22)12-10-20/h4-5,9,11,13,17-18,22H,3,6-8,10,12H2,1-2H3/t17-,18-,19+,20-,21-/m1/s1. The molecule has 0 spiro atoms. The fourth-order valence-corrected chi connectivity index (χ4v) is 6.77. The summed E-state index contributed by atoms with van der Waals surface area (Å²) in [6, 6.07) is 6.68. The van der Waals surface area contributed by atoms with E-state index in [0.29, 0.717) is 11.8 Å². The third-order valence-electron chi connectivity index (χ3n) is 8.14. The zero-order valence-electron chi connectivity index (χ0n) is 14.1. The number of fused-ring (bicyclic) bond motifs is 3. The van der Waals surface area contributed by atoms with Crippen LogP contribution in [0.2, 0.25) is 0 Å². The topological polar surface area (TPSA) is 29.5 Å². The molecular weight excluding hydrogens is 284 g/mol. The van der Waals surface area contributed by atoms with Gasteiger partial charge in [0.15, 0.2) is 0 Å². The molecule has 2 bridgehead atoms. The van der Waals surface area contributed by atoms with Crippen LogP contribution in [0, 0.1) is 16.7 Å². The Labute approximate surface area is 138 Å². The van der Waals surface area contributed by atoms with Crippen LogP contribution in [-0.4, -0.2) is 17.8 Å². The normalized spacial score (nSPS) is 46.2. The van der Waals surface area contributed by atoms with Crippen LogP contribution < -0.4 is 4.74 Å². The summed E-state index contributed by atoms with van der Waals surface area (Å²) in [6.45, 7) is 2.36. The molecule has 2 fully saturated rings. The fourth-order valence-electron chi connectivity index (χ4n) is 6.77. The number of hydrogen-bond acceptors (Lipinski definition) is 2. The van der Waals surface area contributed by atoms with Crippen LogP contribution in [0.25, 0.3) is 0 Å². The number of ether oxygens (including phenoxy) is 1. The maximum absolute atomic E-state index is 11.1. The molecule has 122 valence electrons. The van der Waals surface area contributed by atoms with Gasteiger partial charge in [-0.05, 0) is 73.6 Å². The second-order valence-electron chi connectivity index (χ2n) is 8.49. The Hall–Kier alpha value is -1.28. The van der Waals surface area contributed by atoms with Crippen molar-refractivity contribution in [2.45, 2.75) is 57.0 Å². The van der Waals surface area contributed by atoms with E-state index >= 15 is 0 Å². The number of aliphatic hydroxyl groups is 1. The zero-order chi connectivity index (χ0) is 15.9. The minimum Gasteiger partial charge on any atom is -0.497 e. The Kier molecular flexibility index (Phi) is 2.58. The van der Waals surface area contributed by atoms with Crippen LogP contribution in [-0.2, 0) is 6.42 Å². The van der Waals surface area contributed by atoms with Crippen molar-refractivity contribution in [2.24, 2.45) is 16.7 Å². The first kappa shape index (κ1) is 14.1. The molecule has 2 heteroatoms. The molecule has 5 atom stereocenters. The second-order valence-corrected chi connectivity index (χ2v) is 8.49. The van der Waals surface area contributed by atoms with Gasteiger partial charge in [0, 0.05) is 10.8 Å². The molecular formula is C21H26O2. The Morgan fingerprint density at radius 2 is 2.00 bits per heavy atom. The quantitative estimate of drug-likeness (QED) is 0.787. The van der Waals surface area contributed by atoms with Gasteiger partial charge in [0.25, 0.3) is 0 Å². The zero-order valence-corrected chi connectivity index (χ0v) is 14.1. The molecule has 2 nitrogen and oxygen atoms in total. The van der Waals surface area contributed by atoms with E-state index in [1.807, 2.05) is 0 Å². The van der Waals surface area contributed by atoms with Crippen molar-refractivity contribution in [3.63, 3.8) is 0 Å². The lowest BCUT2D eigenvalue weighted by Gasteiger charge is -2.56. The van der Waals surface area contributed by atoms with Gasteiger partial charge < -0.3 is 9.84 Å². The second kappa shape index (κ2) is 4.22. The smallest absolute Gasteiger partial charge is 0.119 e. The monoisotopic (exact) mass is 310 g/mol. The lowest BCUT2D eigenvalue weighted by Crippen LogP contribution is -2.52. The van der Waals surface area contributed by atoms with Gasteiger partial charge in [-0.1, -0.05) is 25.1 Å². The summed E-state index contributed by atoms with van der Waals surface area (Å²) >= 11 is 0. The van der Waals surface area contributed by atoms with Crippen LogP contribution >= 0.6 is 0 Å². The van der Waals surface area contributed by atoms with E-state index < -0.39 is 5.60 Å². The number of methoxy groups -OCH3 is 1. The highest BCUT2D eigenvalue weighted by atomic mass is 16.5. The first-order chi connectivity index (χ1) is 11.0. The molecule has 4 aliphatic carbocycles. The summed E-state index contributed by atoms with van der Waals surface area (Å²) in [5.41, 5.74) is 2.78. The van der Waals surface area contributed by atoms with E-state index in [4.69, 9.17) is 4.74 Å². The van der Waals surface area contributed by atoms with Crippen LogP contribution in [0.4, 0.5) is 0 Å². The Morgan fingerprint density at radius 1 is 1.13 bits per heavy atom. The molecule has 0 radical (unpaired) electrons. The summed E-state index contributed by atoms with van der Waals surface area (Å²) < 4.78 is 5.42. The minimum absolute atomic E-state index is 0.0607. The molecule has 4 aliphatic rings. The van der Waals surface area contributed by atoms with Gasteiger partial charge in [0.1, 0.15) is 5.75 Å². The molecule has 1 aromatic rings. The summed E-state index contributed by atoms with van der Waals surface area (Å²) in [6.07, 6.45) is 11.5. The minimum atomic E-state index is -0.543. The van der Waals surface area contributed by atoms with E-state index in [0.717, 1.165) is 25.0 Å². The number of allylic oxidation sites excluding steroid dienone is 1. The number of benzene rings is 1. The first-order valence-corrected chi connectivity index (χ1v) is 9.13. The highest BCUT2D eigenvalue weighted by Crippen LogP contribution is 2.74. The fraction of sp³-hybridized carbons (Fsp3) is 0.619. The summed E-state index contributed by atoms with van der Waals surface area (Å²) in [7, 11) is 1.75. The van der Waals surface area contributed by atoms with Gasteiger partial charge in [0.2, 0.25) is 0 Å². The van der Waals surface area contributed by atoms with Crippen molar-refractivity contribution >= 4 is 0 Å². The molecule has 0 aliphatic heterocycles. The molecule has 2 saturated carbocycles. The largest absolute Gasteiger partial charge is 0.497 e. The molecule has 0 unspecified atom stereocenters. The van der Waals surface area contributed by atoms with E-state index in [2.05, 4.69) is 37.3 Å². The van der Waals surface area contributed by atoms with E-state index in [9.17, 15) is 5.11 Å². The van der Waals surface area contributed by atoms with Gasteiger partial charge in [-0.2, -0.15) is 0 Å². The predicted molar refractivity (Wildman–Crippen MR) is 90.6 cm³/mol. The predicted octanol–water partition coefficient (Wildman–Crippen LogP) is 4.22. The highest BCUT2D eigenvalue weighted by Gasteiger charge is 2.70. The molecule has 1 N–H and O–H groups in total. The van der Waals surface area contributed by atoms with Gasteiger partial charge in [-0.15, -0.1) is 0 Å². The van der Waals surface area contributed by atoms with Gasteiger partial charge >= 0.3 is 0 Å². The molecule has 0 aromatic heterocycles. The Balaban J connectivity index is 1.60. The average Bonchev–Trinajstić information content (AvgIpc) is 2.95. The highest BCUT2D eigenvalue weighted by molar-refractivity contribution is 5.44. The van der Waals surface area contributed by atoms with Gasteiger partial charge in [-0.25, -0.2) is 0 Å². The average molecular weight is 310 g/mol. The Bertz CT molecular complexity index is 708. The molecule has 0 amide bonds. The van der Waals surface area contributed by atoms with Crippen molar-refractivity contribution in [2.75, 3.05) is 7.11 Å². The summed E-state index contributed by atoms with van der Waals surface area (Å²) in [4.78, 5) is 0. The number of hydrogen-bond donors (Lipinski definition) is 1. The third kappa shape index (κ3) is 1.45. The summed E-state index contributed by atoms with van der Waals surface area (Å²) in [5.74, 6) is 2.33.